The molecule has 1 heterocycles. The van der Waals surface area contributed by atoms with Crippen molar-refractivity contribution in [1.82, 2.24) is 10.2 Å². The number of benzene rings is 1. The second-order valence-corrected chi connectivity index (χ2v) is 6.59. The van der Waals surface area contributed by atoms with Crippen molar-refractivity contribution in [2.45, 2.75) is 45.4 Å². The number of hydrogen-bond acceptors (Lipinski definition) is 2. The van der Waals surface area contributed by atoms with Crippen LogP contribution in [0.5, 0.6) is 0 Å². The molecule has 0 aromatic heterocycles. The van der Waals surface area contributed by atoms with E-state index in [9.17, 15) is 0 Å². The predicted octanol–water partition coefficient (Wildman–Crippen LogP) is 3.89. The van der Waals surface area contributed by atoms with Crippen LogP contribution in [-0.2, 0) is 0 Å². The lowest BCUT2D eigenvalue weighted by atomic mass is 9.95. The average Bonchev–Trinajstić information content (AvgIpc) is 2.54. The van der Waals surface area contributed by atoms with E-state index in [1.54, 1.807) is 0 Å². The van der Waals surface area contributed by atoms with Crippen LogP contribution in [0.2, 0.25) is 0 Å². The normalized spacial score (nSPS) is 18.0. The van der Waals surface area contributed by atoms with E-state index in [0.29, 0.717) is 5.92 Å². The minimum Gasteiger partial charge on any atom is -0.317 e. The number of piperidine rings is 1. The van der Waals surface area contributed by atoms with Crippen molar-refractivity contribution in [2.75, 3.05) is 32.7 Å². The van der Waals surface area contributed by atoms with Gasteiger partial charge in [0.25, 0.3) is 0 Å². The molecular formula is C19H32N2. The molecule has 0 aliphatic carbocycles. The summed E-state index contributed by atoms with van der Waals surface area (Å²) in [6.07, 6.45) is 5.25. The van der Waals surface area contributed by atoms with Crippen LogP contribution in [0.3, 0.4) is 0 Å². The highest BCUT2D eigenvalue weighted by Gasteiger charge is 2.17. The van der Waals surface area contributed by atoms with Gasteiger partial charge in [0.15, 0.2) is 0 Å². The van der Waals surface area contributed by atoms with Gasteiger partial charge in [-0.25, -0.2) is 0 Å². The highest BCUT2D eigenvalue weighted by atomic mass is 15.1. The van der Waals surface area contributed by atoms with Gasteiger partial charge < -0.3 is 10.2 Å². The molecule has 0 spiro atoms. The summed E-state index contributed by atoms with van der Waals surface area (Å²) in [5.41, 5.74) is 1.48. The molecule has 2 heteroatoms. The average molecular weight is 288 g/mol. The van der Waals surface area contributed by atoms with Crippen molar-refractivity contribution in [3.8, 4) is 0 Å². The van der Waals surface area contributed by atoms with Crippen LogP contribution in [0.4, 0.5) is 0 Å². The molecule has 1 unspecified atom stereocenters. The summed E-state index contributed by atoms with van der Waals surface area (Å²) < 4.78 is 0. The zero-order valence-electron chi connectivity index (χ0n) is 13.9. The molecule has 21 heavy (non-hydrogen) atoms. The molecule has 1 aliphatic rings. The van der Waals surface area contributed by atoms with Crippen molar-refractivity contribution >= 4 is 0 Å². The smallest absolute Gasteiger partial charge is 0.00106 e. The molecule has 0 saturated carbocycles. The summed E-state index contributed by atoms with van der Waals surface area (Å²) in [7, 11) is 0. The summed E-state index contributed by atoms with van der Waals surface area (Å²) in [4.78, 5) is 2.70. The van der Waals surface area contributed by atoms with Crippen molar-refractivity contribution in [1.29, 1.82) is 0 Å². The molecule has 0 radical (unpaired) electrons. The van der Waals surface area contributed by atoms with Gasteiger partial charge in [-0.05, 0) is 69.3 Å². The van der Waals surface area contributed by atoms with Gasteiger partial charge in [-0.1, -0.05) is 44.2 Å². The van der Waals surface area contributed by atoms with Crippen molar-refractivity contribution < 1.29 is 0 Å². The van der Waals surface area contributed by atoms with Gasteiger partial charge in [0.2, 0.25) is 0 Å². The van der Waals surface area contributed by atoms with Crippen molar-refractivity contribution in [2.24, 2.45) is 5.92 Å². The van der Waals surface area contributed by atoms with E-state index in [4.69, 9.17) is 0 Å². The number of nitrogens with zero attached hydrogens (tertiary/aromatic N) is 1. The van der Waals surface area contributed by atoms with E-state index in [0.717, 1.165) is 5.92 Å². The highest BCUT2D eigenvalue weighted by molar-refractivity contribution is 5.18. The minimum atomic E-state index is 0.665. The zero-order valence-corrected chi connectivity index (χ0v) is 13.9. The number of rotatable bonds is 8. The van der Waals surface area contributed by atoms with Gasteiger partial charge in [-0.2, -0.15) is 0 Å². The Morgan fingerprint density at radius 3 is 2.52 bits per heavy atom. The molecule has 1 aliphatic heterocycles. The molecule has 118 valence electrons. The lowest BCUT2D eigenvalue weighted by molar-refractivity contribution is 0.200. The Kier molecular flexibility index (Phi) is 7.25. The lowest BCUT2D eigenvalue weighted by Gasteiger charge is -2.30. The Morgan fingerprint density at radius 1 is 1.14 bits per heavy atom. The fourth-order valence-electron chi connectivity index (χ4n) is 3.36. The van der Waals surface area contributed by atoms with Gasteiger partial charge in [-0.15, -0.1) is 0 Å². The molecule has 0 bridgehead atoms. The fourth-order valence-corrected chi connectivity index (χ4v) is 3.36. The summed E-state index contributed by atoms with van der Waals surface area (Å²) in [5.74, 6) is 1.57. The van der Waals surface area contributed by atoms with Gasteiger partial charge in [0, 0.05) is 6.54 Å². The zero-order chi connectivity index (χ0) is 14.9. The topological polar surface area (TPSA) is 15.3 Å². The number of nitrogens with one attached hydrogen (secondary N) is 1. The molecular weight excluding hydrogens is 256 g/mol. The molecule has 0 amide bonds. The first-order chi connectivity index (χ1) is 10.3. The third-order valence-corrected chi connectivity index (χ3v) is 4.76. The Labute approximate surface area is 130 Å². The Bertz CT molecular complexity index is 370. The summed E-state index contributed by atoms with van der Waals surface area (Å²) in [6.45, 7) is 10.9. The summed E-state index contributed by atoms with van der Waals surface area (Å²) in [6, 6.07) is 11.0. The molecule has 1 N–H and O–H groups in total. The van der Waals surface area contributed by atoms with Crippen molar-refractivity contribution in [3.05, 3.63) is 35.9 Å². The van der Waals surface area contributed by atoms with Gasteiger partial charge in [0.1, 0.15) is 0 Å². The molecule has 2 nitrogen and oxygen atoms in total. The van der Waals surface area contributed by atoms with Gasteiger partial charge in [-0.3, -0.25) is 0 Å². The van der Waals surface area contributed by atoms with Crippen LogP contribution in [-0.4, -0.2) is 37.6 Å². The largest absolute Gasteiger partial charge is 0.317 e. The van der Waals surface area contributed by atoms with Crippen molar-refractivity contribution in [3.63, 3.8) is 0 Å². The standard InChI is InChI=1S/C19H32N2/c1-3-14-21(16-18-9-12-20-13-10-18)15-11-17(2)19-7-5-4-6-8-19/h4-8,17-18,20H,3,9-16H2,1-2H3. The van der Waals surface area contributed by atoms with E-state index >= 15 is 0 Å². The first kappa shape index (κ1) is 16.5. The maximum absolute atomic E-state index is 3.47. The van der Waals surface area contributed by atoms with E-state index in [1.165, 1.54) is 64.0 Å². The van der Waals surface area contributed by atoms with E-state index in [1.807, 2.05) is 0 Å². The lowest BCUT2D eigenvalue weighted by Crippen LogP contribution is -2.37. The van der Waals surface area contributed by atoms with E-state index < -0.39 is 0 Å². The third-order valence-electron chi connectivity index (χ3n) is 4.76. The molecule has 1 atom stereocenters. The van der Waals surface area contributed by atoms with Crippen LogP contribution < -0.4 is 5.32 Å². The van der Waals surface area contributed by atoms with E-state index in [-0.39, 0.29) is 0 Å². The molecule has 1 fully saturated rings. The number of hydrogen-bond donors (Lipinski definition) is 1. The molecule has 1 saturated heterocycles. The Balaban J connectivity index is 1.78. The molecule has 2 rings (SSSR count). The first-order valence-corrected chi connectivity index (χ1v) is 8.77. The SMILES string of the molecule is CCCN(CCC(C)c1ccccc1)CC1CCNCC1. The second kappa shape index (κ2) is 9.22. The predicted molar refractivity (Wildman–Crippen MR) is 91.8 cm³/mol. The minimum absolute atomic E-state index is 0.665. The van der Waals surface area contributed by atoms with E-state index in [2.05, 4.69) is 54.4 Å². The van der Waals surface area contributed by atoms with Crippen LogP contribution in [0.1, 0.15) is 51.0 Å². The maximum Gasteiger partial charge on any atom is 0.00106 e. The Hall–Kier alpha value is -0.860. The summed E-state index contributed by atoms with van der Waals surface area (Å²) >= 11 is 0. The van der Waals surface area contributed by atoms with Crippen LogP contribution in [0.15, 0.2) is 30.3 Å². The first-order valence-electron chi connectivity index (χ1n) is 8.77. The Morgan fingerprint density at radius 2 is 1.86 bits per heavy atom. The van der Waals surface area contributed by atoms with Crippen LogP contribution in [0.25, 0.3) is 0 Å². The third kappa shape index (κ3) is 5.80. The summed E-state index contributed by atoms with van der Waals surface area (Å²) in [5, 5.41) is 3.47. The quantitative estimate of drug-likeness (QED) is 0.780. The van der Waals surface area contributed by atoms with Crippen LogP contribution in [0, 0.1) is 5.92 Å². The fraction of sp³-hybridized carbons (Fsp3) is 0.684. The second-order valence-electron chi connectivity index (χ2n) is 6.59. The van der Waals surface area contributed by atoms with Crippen LogP contribution >= 0.6 is 0 Å². The molecule has 1 aromatic rings. The molecule has 1 aromatic carbocycles. The maximum atomic E-state index is 3.47. The van der Waals surface area contributed by atoms with Gasteiger partial charge >= 0.3 is 0 Å². The monoisotopic (exact) mass is 288 g/mol. The van der Waals surface area contributed by atoms with Gasteiger partial charge in [0.05, 0.1) is 0 Å². The highest BCUT2D eigenvalue weighted by Crippen LogP contribution is 2.20.